The number of hydrogen-bond donors (Lipinski definition) is 3. The minimum absolute atomic E-state index is 0.0519. The quantitative estimate of drug-likeness (QED) is 0.288. The minimum Gasteiger partial charge on any atom is -0.480 e. The number of ether oxygens (including phenoxy) is 2. The summed E-state index contributed by atoms with van der Waals surface area (Å²) >= 11 is 0. The smallest absolute Gasteiger partial charge is 0.320 e. The van der Waals surface area contributed by atoms with Crippen molar-refractivity contribution in [1.29, 1.82) is 0 Å². The summed E-state index contributed by atoms with van der Waals surface area (Å²) in [6.45, 7) is 1.42. The Morgan fingerprint density at radius 3 is 2.55 bits per heavy atom. The lowest BCUT2D eigenvalue weighted by molar-refractivity contribution is -0.139. The van der Waals surface area contributed by atoms with Gasteiger partial charge in [-0.25, -0.2) is 0 Å². The molecule has 0 fully saturated rings. The predicted molar refractivity (Wildman–Crippen MR) is 70.4 cm³/mol. The van der Waals surface area contributed by atoms with Crippen molar-refractivity contribution in [3.05, 3.63) is 0 Å². The first kappa shape index (κ1) is 18.5. The lowest BCUT2D eigenvalue weighted by Gasteiger charge is -2.11. The number of carbonyl (C=O) groups is 3. The highest BCUT2D eigenvalue weighted by Gasteiger charge is 2.15. The molecule has 0 saturated carbocycles. The first-order valence-corrected chi connectivity index (χ1v) is 6.37. The second-order valence-corrected chi connectivity index (χ2v) is 3.92. The van der Waals surface area contributed by atoms with Crippen molar-refractivity contribution >= 4 is 18.2 Å². The Balaban J connectivity index is 3.45. The second-order valence-electron chi connectivity index (χ2n) is 3.92. The third kappa shape index (κ3) is 10.4. The Bertz CT molecular complexity index is 298. The van der Waals surface area contributed by atoms with Gasteiger partial charge in [-0.15, -0.1) is 0 Å². The molecule has 3 N–H and O–H groups in total. The van der Waals surface area contributed by atoms with Gasteiger partial charge in [-0.3, -0.25) is 9.59 Å². The molecule has 8 nitrogen and oxygen atoms in total. The van der Waals surface area contributed by atoms with E-state index in [2.05, 4.69) is 10.6 Å². The molecule has 0 aliphatic carbocycles. The van der Waals surface area contributed by atoms with Crippen molar-refractivity contribution in [3.63, 3.8) is 0 Å². The molecule has 0 aromatic carbocycles. The van der Waals surface area contributed by atoms with Crippen molar-refractivity contribution < 1.29 is 29.0 Å². The van der Waals surface area contributed by atoms with Crippen LogP contribution in [-0.4, -0.2) is 69.3 Å². The van der Waals surface area contributed by atoms with E-state index in [4.69, 9.17) is 14.6 Å². The van der Waals surface area contributed by atoms with Crippen molar-refractivity contribution in [3.8, 4) is 0 Å². The van der Waals surface area contributed by atoms with Gasteiger partial charge in [-0.05, 0) is 13.5 Å². The van der Waals surface area contributed by atoms with Crippen LogP contribution in [-0.2, 0) is 23.9 Å². The van der Waals surface area contributed by atoms with Crippen LogP contribution in [0, 0.1) is 0 Å². The average molecular weight is 290 g/mol. The van der Waals surface area contributed by atoms with Gasteiger partial charge in [-0.2, -0.15) is 0 Å². The third-order valence-electron chi connectivity index (χ3n) is 2.43. The molecule has 20 heavy (non-hydrogen) atoms. The third-order valence-corrected chi connectivity index (χ3v) is 2.43. The fraction of sp³-hybridized carbons (Fsp3) is 0.750. The molecular formula is C12H22N2O6. The van der Waals surface area contributed by atoms with Crippen molar-refractivity contribution in [2.75, 3.05) is 40.0 Å². The lowest BCUT2D eigenvalue weighted by atomic mass is 10.1. The summed E-state index contributed by atoms with van der Waals surface area (Å²) in [6, 6.07) is -0.716. The second kappa shape index (κ2) is 12.5. The molecular weight excluding hydrogens is 268 g/mol. The maximum Gasteiger partial charge on any atom is 0.320 e. The highest BCUT2D eigenvalue weighted by Crippen LogP contribution is 1.96. The highest BCUT2D eigenvalue weighted by molar-refractivity contribution is 5.78. The van der Waals surface area contributed by atoms with Gasteiger partial charge >= 0.3 is 5.97 Å². The first-order chi connectivity index (χ1) is 9.61. The van der Waals surface area contributed by atoms with Gasteiger partial charge in [0.2, 0.25) is 5.91 Å². The summed E-state index contributed by atoms with van der Waals surface area (Å²) in [6.07, 6.45) is 1.04. The fourth-order valence-corrected chi connectivity index (χ4v) is 1.37. The summed E-state index contributed by atoms with van der Waals surface area (Å²) in [5.41, 5.74) is 0. The summed E-state index contributed by atoms with van der Waals surface area (Å²) < 4.78 is 10.0. The zero-order valence-corrected chi connectivity index (χ0v) is 11.6. The molecule has 1 atom stereocenters. The zero-order valence-electron chi connectivity index (χ0n) is 11.6. The average Bonchev–Trinajstić information content (AvgIpc) is 2.42. The van der Waals surface area contributed by atoms with E-state index in [9.17, 15) is 14.4 Å². The molecule has 0 saturated heterocycles. The highest BCUT2D eigenvalue weighted by atomic mass is 16.5. The number of amides is 1. The Morgan fingerprint density at radius 2 is 1.95 bits per heavy atom. The Hall–Kier alpha value is -1.51. The van der Waals surface area contributed by atoms with Crippen LogP contribution in [0.1, 0.15) is 12.8 Å². The monoisotopic (exact) mass is 290 g/mol. The van der Waals surface area contributed by atoms with Crippen LogP contribution in [0.25, 0.3) is 0 Å². The first-order valence-electron chi connectivity index (χ1n) is 6.37. The Morgan fingerprint density at radius 1 is 1.25 bits per heavy atom. The normalized spacial score (nSPS) is 11.8. The fourth-order valence-electron chi connectivity index (χ4n) is 1.37. The minimum atomic E-state index is -0.973. The molecule has 0 bridgehead atoms. The van der Waals surface area contributed by atoms with Gasteiger partial charge in [0.1, 0.15) is 18.9 Å². The van der Waals surface area contributed by atoms with E-state index in [-0.39, 0.29) is 25.4 Å². The number of aliphatic carboxylic acids is 1. The van der Waals surface area contributed by atoms with Crippen LogP contribution in [0.15, 0.2) is 0 Å². The number of likely N-dealkylation sites (N-methyl/N-ethyl adjacent to an activating group) is 1. The molecule has 0 rings (SSSR count). The van der Waals surface area contributed by atoms with Crippen molar-refractivity contribution in [2.45, 2.75) is 18.9 Å². The van der Waals surface area contributed by atoms with Crippen LogP contribution < -0.4 is 10.6 Å². The predicted octanol–water partition coefficient (Wildman–Crippen LogP) is -1.21. The number of hydrogen-bond acceptors (Lipinski definition) is 6. The van der Waals surface area contributed by atoms with E-state index in [0.29, 0.717) is 32.7 Å². The molecule has 0 aliphatic heterocycles. The maximum absolute atomic E-state index is 11.4. The summed E-state index contributed by atoms with van der Waals surface area (Å²) in [7, 11) is 1.54. The van der Waals surface area contributed by atoms with Crippen LogP contribution >= 0.6 is 0 Å². The van der Waals surface area contributed by atoms with Gasteiger partial charge in [0.15, 0.2) is 0 Å². The molecule has 1 amide bonds. The van der Waals surface area contributed by atoms with E-state index < -0.39 is 12.0 Å². The summed E-state index contributed by atoms with van der Waals surface area (Å²) in [5.74, 6) is -1.19. The largest absolute Gasteiger partial charge is 0.480 e. The molecule has 0 aromatic rings. The number of nitrogens with one attached hydrogen (secondary N) is 2. The van der Waals surface area contributed by atoms with E-state index >= 15 is 0 Å². The lowest BCUT2D eigenvalue weighted by Crippen LogP contribution is -2.36. The van der Waals surface area contributed by atoms with Crippen LogP contribution in [0.5, 0.6) is 0 Å². The number of carboxylic acid groups (broad SMARTS) is 1. The van der Waals surface area contributed by atoms with E-state index in [1.807, 2.05) is 0 Å². The maximum atomic E-state index is 11.4. The molecule has 0 aliphatic rings. The number of carbonyl (C=O) groups excluding carboxylic acids is 2. The van der Waals surface area contributed by atoms with Crippen LogP contribution in [0.3, 0.4) is 0 Å². The van der Waals surface area contributed by atoms with Gasteiger partial charge < -0.3 is 30.0 Å². The van der Waals surface area contributed by atoms with E-state index in [1.54, 1.807) is 0 Å². The standard InChI is InChI=1S/C12H22N2O6/c1-13-10(12(17)18)2-3-11(16)14-4-6-19-8-9-20-7-5-15/h5,10,13H,2-4,6-9H2,1H3,(H,14,16)(H,17,18). The van der Waals surface area contributed by atoms with Gasteiger partial charge in [0.25, 0.3) is 0 Å². The number of aldehydes is 1. The number of carboxylic acids is 1. The molecule has 116 valence electrons. The molecule has 1 unspecified atom stereocenters. The molecule has 0 heterocycles. The van der Waals surface area contributed by atoms with Gasteiger partial charge in [-0.1, -0.05) is 0 Å². The summed E-state index contributed by atoms with van der Waals surface area (Å²) in [4.78, 5) is 32.0. The molecule has 0 aromatic heterocycles. The Labute approximate surface area is 117 Å². The van der Waals surface area contributed by atoms with Gasteiger partial charge in [0, 0.05) is 13.0 Å². The summed E-state index contributed by atoms with van der Waals surface area (Å²) in [5, 5.41) is 14.0. The van der Waals surface area contributed by atoms with Crippen molar-refractivity contribution in [1.82, 2.24) is 10.6 Å². The van der Waals surface area contributed by atoms with E-state index in [1.165, 1.54) is 7.05 Å². The van der Waals surface area contributed by atoms with Crippen LogP contribution in [0.4, 0.5) is 0 Å². The van der Waals surface area contributed by atoms with E-state index in [0.717, 1.165) is 0 Å². The molecule has 8 heteroatoms. The Kier molecular flexibility index (Phi) is 11.6. The molecule has 0 spiro atoms. The SMILES string of the molecule is CNC(CCC(=O)NCCOCCOCC=O)C(=O)O. The van der Waals surface area contributed by atoms with Crippen LogP contribution in [0.2, 0.25) is 0 Å². The van der Waals surface area contributed by atoms with Crippen molar-refractivity contribution in [2.24, 2.45) is 0 Å². The number of rotatable bonds is 13. The van der Waals surface area contributed by atoms with Gasteiger partial charge in [0.05, 0.1) is 19.8 Å². The zero-order chi connectivity index (χ0) is 15.2. The molecule has 0 radical (unpaired) electrons. The topological polar surface area (TPSA) is 114 Å².